The summed E-state index contributed by atoms with van der Waals surface area (Å²) in [6.45, 7) is 5.39. The summed E-state index contributed by atoms with van der Waals surface area (Å²) in [5.74, 6) is 0.437. The zero-order valence-corrected chi connectivity index (χ0v) is 15.9. The van der Waals surface area contributed by atoms with E-state index in [0.29, 0.717) is 16.8 Å². The summed E-state index contributed by atoms with van der Waals surface area (Å²) in [6.07, 6.45) is 5.68. The van der Waals surface area contributed by atoms with Gasteiger partial charge in [0.15, 0.2) is 5.16 Å². The molecule has 0 radical (unpaired) electrons. The maximum atomic E-state index is 12.3. The lowest BCUT2D eigenvalue weighted by Crippen LogP contribution is -2.45. The quantitative estimate of drug-likeness (QED) is 0.784. The number of aromatic nitrogens is 2. The molecule has 0 spiro atoms. The lowest BCUT2D eigenvalue weighted by atomic mass is 10.1. The van der Waals surface area contributed by atoms with Crippen molar-refractivity contribution in [2.45, 2.75) is 31.0 Å². The monoisotopic (exact) mass is 378 g/mol. The summed E-state index contributed by atoms with van der Waals surface area (Å²) in [5.41, 5.74) is 0.944. The van der Waals surface area contributed by atoms with Crippen LogP contribution in [-0.4, -0.2) is 51.8 Å². The van der Waals surface area contributed by atoms with Gasteiger partial charge in [-0.15, -0.1) is 0 Å². The second-order valence-corrected chi connectivity index (χ2v) is 7.50. The van der Waals surface area contributed by atoms with Crippen LogP contribution in [0.4, 0.5) is 0 Å². The molecule has 1 fully saturated rings. The molecular weight excluding hydrogens is 356 g/mol. The Morgan fingerprint density at radius 2 is 2.20 bits per heavy atom. The Balaban J connectivity index is 1.52. The number of hydrogen-bond donors (Lipinski definition) is 1. The van der Waals surface area contributed by atoms with Gasteiger partial charge in [-0.1, -0.05) is 36.4 Å². The average Bonchev–Trinajstić information content (AvgIpc) is 3.09. The van der Waals surface area contributed by atoms with E-state index in [1.54, 1.807) is 6.20 Å². The van der Waals surface area contributed by atoms with Gasteiger partial charge in [0.05, 0.1) is 5.75 Å². The molecule has 0 saturated carbocycles. The Morgan fingerprint density at radius 1 is 1.40 bits per heavy atom. The van der Waals surface area contributed by atoms with Gasteiger partial charge in [-0.05, 0) is 37.6 Å². The molecule has 5 nitrogen and oxygen atoms in total. The van der Waals surface area contributed by atoms with Gasteiger partial charge in [-0.3, -0.25) is 9.36 Å². The van der Waals surface area contributed by atoms with Crippen LogP contribution >= 0.6 is 23.4 Å². The van der Waals surface area contributed by atoms with E-state index in [-0.39, 0.29) is 5.91 Å². The number of halogens is 1. The van der Waals surface area contributed by atoms with Crippen molar-refractivity contribution in [1.29, 1.82) is 0 Å². The molecule has 25 heavy (non-hydrogen) atoms. The topological polar surface area (TPSA) is 50.2 Å². The molecule has 0 aliphatic carbocycles. The minimum Gasteiger partial charge on any atom is -0.353 e. The van der Waals surface area contributed by atoms with Gasteiger partial charge in [-0.2, -0.15) is 0 Å². The van der Waals surface area contributed by atoms with Crippen molar-refractivity contribution < 1.29 is 4.79 Å². The molecule has 7 heteroatoms. The van der Waals surface area contributed by atoms with Crippen molar-refractivity contribution in [3.63, 3.8) is 0 Å². The Labute approximate surface area is 157 Å². The number of nitrogens with one attached hydrogen (secondary N) is 1. The maximum absolute atomic E-state index is 12.3. The van der Waals surface area contributed by atoms with Crippen molar-refractivity contribution in [3.8, 4) is 5.69 Å². The van der Waals surface area contributed by atoms with E-state index in [1.807, 2.05) is 35.0 Å². The summed E-state index contributed by atoms with van der Waals surface area (Å²) < 4.78 is 1.95. The molecule has 1 aromatic heterocycles. The SMILES string of the molecule is CCN1CCC(NC(=O)CSc2nccn2-c2cccc(Cl)c2)CC1. The third kappa shape index (κ3) is 5.00. The molecule has 1 amide bonds. The predicted molar refractivity (Wildman–Crippen MR) is 103 cm³/mol. The van der Waals surface area contributed by atoms with Crippen LogP contribution in [0.2, 0.25) is 5.02 Å². The molecule has 3 rings (SSSR count). The van der Waals surface area contributed by atoms with E-state index in [9.17, 15) is 4.79 Å². The summed E-state index contributed by atoms with van der Waals surface area (Å²) in [6, 6.07) is 7.89. The first-order chi connectivity index (χ1) is 12.2. The first kappa shape index (κ1) is 18.3. The molecule has 2 aromatic rings. The summed E-state index contributed by atoms with van der Waals surface area (Å²) in [5, 5.41) is 4.62. The van der Waals surface area contributed by atoms with Gasteiger partial charge < -0.3 is 10.2 Å². The minimum atomic E-state index is 0.0700. The predicted octanol–water partition coefficient (Wildman–Crippen LogP) is 3.22. The number of thioether (sulfide) groups is 1. The number of nitrogens with zero attached hydrogens (tertiary/aromatic N) is 3. The van der Waals surface area contributed by atoms with Crippen molar-refractivity contribution in [2.75, 3.05) is 25.4 Å². The molecular formula is C18H23ClN4OS. The Morgan fingerprint density at radius 3 is 2.92 bits per heavy atom. The van der Waals surface area contributed by atoms with Crippen LogP contribution in [0, 0.1) is 0 Å². The number of rotatable bonds is 6. The zero-order valence-electron chi connectivity index (χ0n) is 14.3. The van der Waals surface area contributed by atoms with Crippen LogP contribution in [0.15, 0.2) is 41.8 Å². The first-order valence-electron chi connectivity index (χ1n) is 8.59. The van der Waals surface area contributed by atoms with Crippen LogP contribution in [0.1, 0.15) is 19.8 Å². The van der Waals surface area contributed by atoms with Crippen molar-refractivity contribution >= 4 is 29.3 Å². The third-order valence-corrected chi connectivity index (χ3v) is 5.63. The fourth-order valence-corrected chi connectivity index (χ4v) is 3.98. The van der Waals surface area contributed by atoms with E-state index < -0.39 is 0 Å². The second-order valence-electron chi connectivity index (χ2n) is 6.12. The van der Waals surface area contributed by atoms with Crippen molar-refractivity contribution in [2.24, 2.45) is 0 Å². The van der Waals surface area contributed by atoms with Gasteiger partial charge in [0.25, 0.3) is 0 Å². The van der Waals surface area contributed by atoms with E-state index in [1.165, 1.54) is 11.8 Å². The summed E-state index contributed by atoms with van der Waals surface area (Å²) >= 11 is 7.51. The van der Waals surface area contributed by atoms with Crippen molar-refractivity contribution in [1.82, 2.24) is 19.8 Å². The smallest absolute Gasteiger partial charge is 0.230 e. The molecule has 2 heterocycles. The molecule has 1 aliphatic rings. The number of imidazole rings is 1. The lowest BCUT2D eigenvalue weighted by Gasteiger charge is -2.31. The number of benzene rings is 1. The highest BCUT2D eigenvalue weighted by atomic mass is 35.5. The number of carbonyl (C=O) groups is 1. The summed E-state index contributed by atoms with van der Waals surface area (Å²) in [4.78, 5) is 19.0. The van der Waals surface area contributed by atoms with Crippen LogP contribution in [-0.2, 0) is 4.79 Å². The molecule has 0 unspecified atom stereocenters. The van der Waals surface area contributed by atoms with Gasteiger partial charge in [-0.25, -0.2) is 4.98 Å². The first-order valence-corrected chi connectivity index (χ1v) is 9.96. The third-order valence-electron chi connectivity index (χ3n) is 4.43. The largest absolute Gasteiger partial charge is 0.353 e. The van der Waals surface area contributed by atoms with E-state index in [0.717, 1.165) is 43.3 Å². The second kappa shape index (κ2) is 8.74. The van der Waals surface area contributed by atoms with E-state index in [4.69, 9.17) is 11.6 Å². The van der Waals surface area contributed by atoms with E-state index >= 15 is 0 Å². The molecule has 1 aliphatic heterocycles. The van der Waals surface area contributed by atoms with Crippen LogP contribution < -0.4 is 5.32 Å². The molecule has 1 aromatic carbocycles. The fraction of sp³-hybridized carbons (Fsp3) is 0.444. The summed E-state index contributed by atoms with van der Waals surface area (Å²) in [7, 11) is 0. The number of hydrogen-bond acceptors (Lipinski definition) is 4. The molecule has 134 valence electrons. The standard InChI is InChI=1S/C18H23ClN4OS/c1-2-22-9-6-15(7-10-22)21-17(24)13-25-18-20-8-11-23(18)16-5-3-4-14(19)12-16/h3-5,8,11-12,15H,2,6-7,9-10,13H2,1H3,(H,21,24). The number of carbonyl (C=O) groups excluding carboxylic acids is 1. The van der Waals surface area contributed by atoms with Gasteiger partial charge >= 0.3 is 0 Å². The zero-order chi connectivity index (χ0) is 17.6. The highest BCUT2D eigenvalue weighted by Gasteiger charge is 2.20. The van der Waals surface area contributed by atoms with Gasteiger partial charge in [0, 0.05) is 42.2 Å². The van der Waals surface area contributed by atoms with Crippen molar-refractivity contribution in [3.05, 3.63) is 41.7 Å². The Hall–Kier alpha value is -1.50. The molecule has 0 bridgehead atoms. The molecule has 0 atom stereocenters. The molecule has 1 saturated heterocycles. The van der Waals surface area contributed by atoms with E-state index in [2.05, 4.69) is 22.1 Å². The maximum Gasteiger partial charge on any atom is 0.230 e. The van der Waals surface area contributed by atoms with Crippen LogP contribution in [0.3, 0.4) is 0 Å². The number of piperidine rings is 1. The highest BCUT2D eigenvalue weighted by Crippen LogP contribution is 2.22. The average molecular weight is 379 g/mol. The number of likely N-dealkylation sites (tertiary alicyclic amines) is 1. The Bertz CT molecular complexity index is 713. The molecule has 1 N–H and O–H groups in total. The normalized spacial score (nSPS) is 16.1. The lowest BCUT2D eigenvalue weighted by molar-refractivity contribution is -0.119. The van der Waals surface area contributed by atoms with Gasteiger partial charge in [0.1, 0.15) is 0 Å². The van der Waals surface area contributed by atoms with Crippen LogP contribution in [0.25, 0.3) is 5.69 Å². The highest BCUT2D eigenvalue weighted by molar-refractivity contribution is 7.99. The minimum absolute atomic E-state index is 0.0700. The van der Waals surface area contributed by atoms with Crippen LogP contribution in [0.5, 0.6) is 0 Å². The van der Waals surface area contributed by atoms with Gasteiger partial charge in [0.2, 0.25) is 5.91 Å². The Kier molecular flexibility index (Phi) is 6.39. The fourth-order valence-electron chi connectivity index (χ4n) is 3.01. The number of amides is 1.